The highest BCUT2D eigenvalue weighted by atomic mass is 32.2. The summed E-state index contributed by atoms with van der Waals surface area (Å²) in [6, 6.07) is 9.32. The molecule has 0 atom stereocenters. The van der Waals surface area contributed by atoms with Crippen LogP contribution in [0.2, 0.25) is 0 Å². The predicted molar refractivity (Wildman–Crippen MR) is 102 cm³/mol. The van der Waals surface area contributed by atoms with E-state index in [1.54, 1.807) is 50.0 Å². The van der Waals surface area contributed by atoms with Crippen molar-refractivity contribution in [1.82, 2.24) is 9.78 Å². The molecular formula is C18H18N4O4S. The maximum Gasteiger partial charge on any atom is 0.293 e. The molecule has 1 heterocycles. The molecule has 27 heavy (non-hydrogen) atoms. The topological polar surface area (TPSA) is 107 Å². The van der Waals surface area contributed by atoms with Gasteiger partial charge in [0.1, 0.15) is 5.69 Å². The van der Waals surface area contributed by atoms with Gasteiger partial charge in [0.2, 0.25) is 0 Å². The fourth-order valence-electron chi connectivity index (χ4n) is 2.83. The summed E-state index contributed by atoms with van der Waals surface area (Å²) >= 11 is 0. The van der Waals surface area contributed by atoms with Crippen molar-refractivity contribution in [2.75, 3.05) is 4.72 Å². The fraction of sp³-hybridized carbons (Fsp3) is 0.167. The molecule has 140 valence electrons. The van der Waals surface area contributed by atoms with Crippen molar-refractivity contribution < 1.29 is 13.3 Å². The smallest absolute Gasteiger partial charge is 0.275 e. The van der Waals surface area contributed by atoms with Crippen molar-refractivity contribution >= 4 is 21.4 Å². The lowest BCUT2D eigenvalue weighted by Gasteiger charge is -2.13. The molecule has 0 saturated carbocycles. The summed E-state index contributed by atoms with van der Waals surface area (Å²) < 4.78 is 29.7. The third-order valence-electron chi connectivity index (χ3n) is 4.19. The van der Waals surface area contributed by atoms with Gasteiger partial charge in [-0.15, -0.1) is 0 Å². The Morgan fingerprint density at radius 3 is 2.44 bits per heavy atom. The number of nitro benzene ring substituents is 1. The van der Waals surface area contributed by atoms with Crippen LogP contribution in [0.5, 0.6) is 0 Å². The number of nitrogens with zero attached hydrogens (tertiary/aromatic N) is 3. The van der Waals surface area contributed by atoms with E-state index in [0.717, 1.165) is 11.1 Å². The molecule has 0 bridgehead atoms. The summed E-state index contributed by atoms with van der Waals surface area (Å²) in [7, 11) is -2.19. The lowest BCUT2D eigenvalue weighted by atomic mass is 10.1. The second-order valence-corrected chi connectivity index (χ2v) is 7.87. The quantitative estimate of drug-likeness (QED) is 0.534. The Morgan fingerprint density at radius 2 is 1.85 bits per heavy atom. The van der Waals surface area contributed by atoms with Crippen LogP contribution >= 0.6 is 0 Å². The summed E-state index contributed by atoms with van der Waals surface area (Å²) in [5.41, 5.74) is 2.38. The minimum absolute atomic E-state index is 0.0294. The van der Waals surface area contributed by atoms with Crippen LogP contribution in [0.25, 0.3) is 11.1 Å². The molecule has 0 spiro atoms. The van der Waals surface area contributed by atoms with Gasteiger partial charge >= 0.3 is 0 Å². The summed E-state index contributed by atoms with van der Waals surface area (Å²) in [6.07, 6.45) is 3.52. The Labute approximate surface area is 156 Å². The maximum absolute atomic E-state index is 12.9. The highest BCUT2D eigenvalue weighted by Crippen LogP contribution is 2.31. The van der Waals surface area contributed by atoms with E-state index in [1.807, 2.05) is 6.20 Å². The molecule has 0 aliphatic rings. The molecule has 0 radical (unpaired) electrons. The van der Waals surface area contributed by atoms with Gasteiger partial charge in [-0.1, -0.05) is 18.2 Å². The van der Waals surface area contributed by atoms with Crippen LogP contribution in [0.3, 0.4) is 0 Å². The number of hydrogen-bond donors (Lipinski definition) is 1. The molecule has 0 aliphatic heterocycles. The molecule has 3 rings (SSSR count). The van der Waals surface area contributed by atoms with E-state index in [4.69, 9.17) is 0 Å². The number of nitrogens with one attached hydrogen (secondary N) is 1. The van der Waals surface area contributed by atoms with Gasteiger partial charge in [0.25, 0.3) is 15.7 Å². The molecule has 1 aromatic heterocycles. The van der Waals surface area contributed by atoms with Gasteiger partial charge in [-0.3, -0.25) is 19.5 Å². The number of sulfonamides is 1. The molecule has 2 aromatic carbocycles. The van der Waals surface area contributed by atoms with Gasteiger partial charge in [-0.2, -0.15) is 5.10 Å². The standard InChI is InChI=1S/C18H18N4O4S/c1-12-5-4-6-16(22(23)24)18(12)20-27(25,26)17-8-7-14(9-13(17)2)15-10-19-21(3)11-15/h4-11,20H,1-3H3. The zero-order chi connectivity index (χ0) is 19.8. The van der Waals surface area contributed by atoms with Crippen molar-refractivity contribution in [2.24, 2.45) is 7.05 Å². The largest absolute Gasteiger partial charge is 0.293 e. The average Bonchev–Trinajstić information content (AvgIpc) is 3.02. The zero-order valence-corrected chi connectivity index (χ0v) is 15.8. The number of rotatable bonds is 5. The number of benzene rings is 2. The first-order valence-corrected chi connectivity index (χ1v) is 9.54. The van der Waals surface area contributed by atoms with Crippen molar-refractivity contribution in [2.45, 2.75) is 18.7 Å². The highest BCUT2D eigenvalue weighted by Gasteiger charge is 2.24. The lowest BCUT2D eigenvalue weighted by molar-refractivity contribution is -0.383. The third kappa shape index (κ3) is 3.68. The first-order chi connectivity index (χ1) is 12.7. The van der Waals surface area contributed by atoms with Crippen molar-refractivity contribution in [3.8, 4) is 11.1 Å². The van der Waals surface area contributed by atoms with Gasteiger partial charge in [0, 0.05) is 24.9 Å². The van der Waals surface area contributed by atoms with E-state index >= 15 is 0 Å². The minimum atomic E-state index is -3.99. The zero-order valence-electron chi connectivity index (χ0n) is 15.0. The Balaban J connectivity index is 2.00. The molecular weight excluding hydrogens is 368 g/mol. The Bertz CT molecular complexity index is 1140. The lowest BCUT2D eigenvalue weighted by Crippen LogP contribution is -2.16. The number of hydrogen-bond acceptors (Lipinski definition) is 5. The van der Waals surface area contributed by atoms with Crippen LogP contribution in [-0.4, -0.2) is 23.1 Å². The van der Waals surface area contributed by atoms with Gasteiger partial charge < -0.3 is 0 Å². The molecule has 9 heteroatoms. The molecule has 0 aliphatic carbocycles. The van der Waals surface area contributed by atoms with Gasteiger partial charge in [-0.25, -0.2) is 8.42 Å². The Morgan fingerprint density at radius 1 is 1.11 bits per heavy atom. The van der Waals surface area contributed by atoms with Gasteiger partial charge in [0.05, 0.1) is 16.0 Å². The Kier molecular flexibility index (Phi) is 4.71. The number of aromatic nitrogens is 2. The highest BCUT2D eigenvalue weighted by molar-refractivity contribution is 7.92. The van der Waals surface area contributed by atoms with Crippen molar-refractivity contribution in [1.29, 1.82) is 0 Å². The number of nitro groups is 1. The molecule has 0 fully saturated rings. The predicted octanol–water partition coefficient (Wildman–Crippen LogP) is 3.41. The van der Waals surface area contributed by atoms with Crippen LogP contribution in [-0.2, 0) is 17.1 Å². The molecule has 8 nitrogen and oxygen atoms in total. The van der Waals surface area contributed by atoms with Crippen LogP contribution in [0.15, 0.2) is 53.7 Å². The second-order valence-electron chi connectivity index (χ2n) is 6.21. The summed E-state index contributed by atoms with van der Waals surface area (Å²) in [5.74, 6) is 0. The number of aryl methyl sites for hydroxylation is 3. The molecule has 0 unspecified atom stereocenters. The van der Waals surface area contributed by atoms with E-state index in [9.17, 15) is 18.5 Å². The normalized spacial score (nSPS) is 11.4. The minimum Gasteiger partial charge on any atom is -0.275 e. The van der Waals surface area contributed by atoms with E-state index in [2.05, 4.69) is 9.82 Å². The second kappa shape index (κ2) is 6.84. The Hall–Kier alpha value is -3.20. The van der Waals surface area contributed by atoms with Gasteiger partial charge in [0.15, 0.2) is 0 Å². The fourth-order valence-corrected chi connectivity index (χ4v) is 4.20. The first kappa shape index (κ1) is 18.6. The average molecular weight is 386 g/mol. The maximum atomic E-state index is 12.9. The van der Waals surface area contributed by atoms with Crippen molar-refractivity contribution in [3.63, 3.8) is 0 Å². The molecule has 1 N–H and O–H groups in total. The van der Waals surface area contributed by atoms with Crippen LogP contribution in [0.1, 0.15) is 11.1 Å². The monoisotopic (exact) mass is 386 g/mol. The van der Waals surface area contributed by atoms with Crippen LogP contribution in [0.4, 0.5) is 11.4 Å². The van der Waals surface area contributed by atoms with E-state index in [0.29, 0.717) is 11.1 Å². The SMILES string of the molecule is Cc1cc(-c2cnn(C)c2)ccc1S(=O)(=O)Nc1c(C)cccc1[N+](=O)[O-]. The van der Waals surface area contributed by atoms with Crippen LogP contribution in [0, 0.1) is 24.0 Å². The number of para-hydroxylation sites is 1. The van der Waals surface area contributed by atoms with Crippen molar-refractivity contribution in [3.05, 3.63) is 70.0 Å². The van der Waals surface area contributed by atoms with Gasteiger partial charge in [-0.05, 0) is 42.7 Å². The molecule has 0 saturated heterocycles. The number of anilines is 1. The van der Waals surface area contributed by atoms with E-state index in [1.165, 1.54) is 18.2 Å². The van der Waals surface area contributed by atoms with E-state index in [-0.39, 0.29) is 16.3 Å². The third-order valence-corrected chi connectivity index (χ3v) is 5.70. The van der Waals surface area contributed by atoms with Crippen LogP contribution < -0.4 is 4.72 Å². The van der Waals surface area contributed by atoms with E-state index < -0.39 is 14.9 Å². The molecule has 0 amide bonds. The summed E-state index contributed by atoms with van der Waals surface area (Å²) in [5, 5.41) is 15.3. The first-order valence-electron chi connectivity index (χ1n) is 8.05. The molecule has 3 aromatic rings. The summed E-state index contributed by atoms with van der Waals surface area (Å²) in [6.45, 7) is 3.30. The summed E-state index contributed by atoms with van der Waals surface area (Å²) in [4.78, 5) is 10.7.